The second-order valence-electron chi connectivity index (χ2n) is 5.24. The third kappa shape index (κ3) is 2.81. The number of benzene rings is 1. The predicted molar refractivity (Wildman–Crippen MR) is 84.3 cm³/mol. The van der Waals surface area contributed by atoms with E-state index in [1.807, 2.05) is 37.3 Å². The molecular weight excluding hydrogens is 302 g/mol. The first-order valence-electron chi connectivity index (χ1n) is 7.45. The summed E-state index contributed by atoms with van der Waals surface area (Å²) in [7, 11) is 0. The average molecular weight is 320 g/mol. The minimum atomic E-state index is -0.272. The van der Waals surface area contributed by atoms with Crippen LogP contribution in [-0.2, 0) is 6.54 Å². The lowest BCUT2D eigenvalue weighted by atomic mass is 10.0. The number of amides is 1. The quantitative estimate of drug-likeness (QED) is 0.941. The van der Waals surface area contributed by atoms with Crippen molar-refractivity contribution in [3.8, 4) is 5.88 Å². The van der Waals surface area contributed by atoms with Crippen molar-refractivity contribution in [1.29, 1.82) is 0 Å². The van der Waals surface area contributed by atoms with Crippen LogP contribution in [0.2, 0.25) is 5.02 Å². The van der Waals surface area contributed by atoms with Gasteiger partial charge in [0.2, 0.25) is 5.88 Å². The highest BCUT2D eigenvalue weighted by atomic mass is 35.5. The molecular formula is C16H18ClN3O2. The van der Waals surface area contributed by atoms with Gasteiger partial charge in [0.25, 0.3) is 5.91 Å². The minimum Gasteiger partial charge on any atom is -0.477 e. The molecule has 3 rings (SSSR count). The molecule has 5 nitrogen and oxygen atoms in total. The van der Waals surface area contributed by atoms with Crippen LogP contribution in [0, 0.1) is 0 Å². The van der Waals surface area contributed by atoms with Crippen molar-refractivity contribution in [3.63, 3.8) is 0 Å². The summed E-state index contributed by atoms with van der Waals surface area (Å²) in [5.74, 6) is 0.219. The first kappa shape index (κ1) is 14.9. The van der Waals surface area contributed by atoms with Crippen LogP contribution in [0.1, 0.15) is 41.9 Å². The summed E-state index contributed by atoms with van der Waals surface area (Å²) in [4.78, 5) is 12.5. The molecule has 0 fully saturated rings. The third-order valence-corrected chi connectivity index (χ3v) is 4.08. The van der Waals surface area contributed by atoms with Crippen molar-refractivity contribution in [3.05, 3.63) is 46.6 Å². The average Bonchev–Trinajstić information content (AvgIpc) is 2.91. The van der Waals surface area contributed by atoms with Crippen LogP contribution in [0.15, 0.2) is 30.3 Å². The van der Waals surface area contributed by atoms with Crippen molar-refractivity contribution < 1.29 is 9.53 Å². The normalized spacial score (nSPS) is 14.8. The first-order chi connectivity index (χ1) is 10.7. The maximum absolute atomic E-state index is 12.5. The lowest BCUT2D eigenvalue weighted by Gasteiger charge is -2.16. The van der Waals surface area contributed by atoms with E-state index in [2.05, 4.69) is 10.4 Å². The lowest BCUT2D eigenvalue weighted by Crippen LogP contribution is -2.28. The fourth-order valence-corrected chi connectivity index (χ4v) is 2.85. The van der Waals surface area contributed by atoms with Gasteiger partial charge in [-0.2, -0.15) is 5.10 Å². The van der Waals surface area contributed by atoms with Gasteiger partial charge in [0.05, 0.1) is 12.6 Å². The number of halogens is 1. The molecule has 0 bridgehead atoms. The maximum Gasteiger partial charge on any atom is 0.273 e. The molecule has 1 atom stereocenters. The summed E-state index contributed by atoms with van der Waals surface area (Å²) < 4.78 is 7.15. The van der Waals surface area contributed by atoms with Crippen LogP contribution in [0.25, 0.3) is 0 Å². The second kappa shape index (κ2) is 6.40. The van der Waals surface area contributed by atoms with Gasteiger partial charge in [0.1, 0.15) is 5.02 Å². The molecule has 1 aromatic carbocycles. The van der Waals surface area contributed by atoms with Gasteiger partial charge in [-0.05, 0) is 12.0 Å². The molecule has 0 aliphatic carbocycles. The number of hydrogen-bond acceptors (Lipinski definition) is 3. The number of carbonyl (C=O) groups excluding carboxylic acids is 1. The topological polar surface area (TPSA) is 56.2 Å². The molecule has 0 saturated heterocycles. The Labute approximate surface area is 134 Å². The molecule has 116 valence electrons. The van der Waals surface area contributed by atoms with Gasteiger partial charge >= 0.3 is 0 Å². The zero-order valence-corrected chi connectivity index (χ0v) is 13.1. The van der Waals surface area contributed by atoms with Gasteiger partial charge in [-0.1, -0.05) is 48.9 Å². The molecule has 2 heterocycles. The Balaban J connectivity index is 1.81. The molecule has 1 unspecified atom stereocenters. The van der Waals surface area contributed by atoms with Crippen molar-refractivity contribution >= 4 is 17.5 Å². The Bertz CT molecular complexity index is 670. The molecule has 0 saturated carbocycles. The Morgan fingerprint density at radius 2 is 2.23 bits per heavy atom. The number of aromatic nitrogens is 2. The van der Waals surface area contributed by atoms with Gasteiger partial charge in [-0.15, -0.1) is 0 Å². The molecule has 1 aromatic heterocycles. The van der Waals surface area contributed by atoms with Crippen LogP contribution in [0.3, 0.4) is 0 Å². The minimum absolute atomic E-state index is 0.0654. The molecule has 1 aliphatic rings. The number of nitrogens with zero attached hydrogens (tertiary/aromatic N) is 2. The van der Waals surface area contributed by atoms with Crippen molar-refractivity contribution in [1.82, 2.24) is 15.1 Å². The molecule has 2 aromatic rings. The molecule has 0 radical (unpaired) electrons. The number of aryl methyl sites for hydroxylation is 1. The van der Waals surface area contributed by atoms with Crippen LogP contribution >= 0.6 is 11.6 Å². The number of rotatable bonds is 4. The predicted octanol–water partition coefficient (Wildman–Crippen LogP) is 3.20. The summed E-state index contributed by atoms with van der Waals surface area (Å²) in [5.41, 5.74) is 1.29. The van der Waals surface area contributed by atoms with Crippen LogP contribution in [0.4, 0.5) is 0 Å². The van der Waals surface area contributed by atoms with E-state index in [-0.39, 0.29) is 17.6 Å². The number of ether oxygens (including phenoxy) is 1. The summed E-state index contributed by atoms with van der Waals surface area (Å²) in [6.07, 6.45) is 1.66. The Hall–Kier alpha value is -2.01. The van der Waals surface area contributed by atoms with Crippen molar-refractivity contribution in [2.45, 2.75) is 32.4 Å². The van der Waals surface area contributed by atoms with E-state index in [4.69, 9.17) is 16.3 Å². The number of hydrogen-bond donors (Lipinski definition) is 1. The Morgan fingerprint density at radius 1 is 1.45 bits per heavy atom. The largest absolute Gasteiger partial charge is 0.477 e. The summed E-state index contributed by atoms with van der Waals surface area (Å²) in [6, 6.07) is 9.80. The zero-order valence-electron chi connectivity index (χ0n) is 12.4. The number of fused-ring (bicyclic) bond motifs is 1. The first-order valence-corrected chi connectivity index (χ1v) is 7.83. The Kier molecular flexibility index (Phi) is 4.34. The summed E-state index contributed by atoms with van der Waals surface area (Å²) >= 11 is 6.24. The second-order valence-corrected chi connectivity index (χ2v) is 5.62. The standard InChI is InChI=1S/C16H18ClN3O2/c1-2-12(11-7-4-3-5-8-11)18-15(21)14-13(17)16-20(19-14)9-6-10-22-16/h3-5,7-8,12H,2,6,9-10H2,1H3,(H,18,21). The SMILES string of the molecule is CCC(NC(=O)c1nn2c(c1Cl)OCCC2)c1ccccc1. The Morgan fingerprint density at radius 3 is 2.91 bits per heavy atom. The van der Waals surface area contributed by atoms with Gasteiger partial charge in [0, 0.05) is 13.0 Å². The molecule has 1 N–H and O–H groups in total. The van der Waals surface area contributed by atoms with Crippen molar-refractivity contribution in [2.24, 2.45) is 0 Å². The van der Waals surface area contributed by atoms with E-state index in [1.165, 1.54) is 0 Å². The third-order valence-electron chi connectivity index (χ3n) is 3.73. The molecule has 0 spiro atoms. The van der Waals surface area contributed by atoms with Gasteiger partial charge in [-0.25, -0.2) is 4.68 Å². The zero-order chi connectivity index (χ0) is 15.5. The molecule has 1 amide bonds. The number of carbonyl (C=O) groups is 1. The maximum atomic E-state index is 12.5. The lowest BCUT2D eigenvalue weighted by molar-refractivity contribution is 0.0929. The van der Waals surface area contributed by atoms with E-state index in [0.29, 0.717) is 17.5 Å². The highest BCUT2D eigenvalue weighted by molar-refractivity contribution is 6.34. The van der Waals surface area contributed by atoms with E-state index in [9.17, 15) is 4.79 Å². The smallest absolute Gasteiger partial charge is 0.273 e. The van der Waals surface area contributed by atoms with E-state index >= 15 is 0 Å². The highest BCUT2D eigenvalue weighted by Gasteiger charge is 2.26. The van der Waals surface area contributed by atoms with E-state index in [0.717, 1.165) is 24.9 Å². The van der Waals surface area contributed by atoms with Crippen LogP contribution in [0.5, 0.6) is 5.88 Å². The van der Waals surface area contributed by atoms with Gasteiger partial charge in [-0.3, -0.25) is 4.79 Å². The van der Waals surface area contributed by atoms with E-state index in [1.54, 1.807) is 4.68 Å². The van der Waals surface area contributed by atoms with Gasteiger partial charge < -0.3 is 10.1 Å². The molecule has 22 heavy (non-hydrogen) atoms. The molecule has 1 aliphatic heterocycles. The highest BCUT2D eigenvalue weighted by Crippen LogP contribution is 2.31. The van der Waals surface area contributed by atoms with Crippen molar-refractivity contribution in [2.75, 3.05) is 6.61 Å². The van der Waals surface area contributed by atoms with Gasteiger partial charge in [0.15, 0.2) is 5.69 Å². The van der Waals surface area contributed by atoms with Crippen LogP contribution < -0.4 is 10.1 Å². The van der Waals surface area contributed by atoms with Crippen LogP contribution in [-0.4, -0.2) is 22.3 Å². The summed E-state index contributed by atoms with van der Waals surface area (Å²) in [6.45, 7) is 3.35. The van der Waals surface area contributed by atoms with E-state index < -0.39 is 0 Å². The fourth-order valence-electron chi connectivity index (χ4n) is 2.58. The monoisotopic (exact) mass is 319 g/mol. The summed E-state index contributed by atoms with van der Waals surface area (Å²) in [5, 5.41) is 7.57. The number of nitrogens with one attached hydrogen (secondary N) is 1. The molecule has 6 heteroatoms. The fraction of sp³-hybridized carbons (Fsp3) is 0.375.